The van der Waals surface area contributed by atoms with Gasteiger partial charge in [0, 0.05) is 17.2 Å². The first kappa shape index (κ1) is 12.4. The van der Waals surface area contributed by atoms with Gasteiger partial charge >= 0.3 is 0 Å². The highest BCUT2D eigenvalue weighted by molar-refractivity contribution is 9.10. The zero-order valence-electron chi connectivity index (χ0n) is 9.74. The lowest BCUT2D eigenvalue weighted by atomic mass is 10.2. The molecule has 4 nitrogen and oxygen atoms in total. The van der Waals surface area contributed by atoms with Gasteiger partial charge in [-0.1, -0.05) is 6.07 Å². The van der Waals surface area contributed by atoms with Crippen LogP contribution in [0, 0.1) is 11.3 Å². The third kappa shape index (κ3) is 2.79. The Hall–Kier alpha value is -2.06. The average Bonchev–Trinajstić information content (AvgIpc) is 2.39. The molecule has 90 valence electrons. The van der Waals surface area contributed by atoms with Crippen molar-refractivity contribution in [1.29, 1.82) is 5.26 Å². The predicted molar refractivity (Wildman–Crippen MR) is 75.9 cm³/mol. The molecule has 0 unspecified atom stereocenters. The highest BCUT2D eigenvalue weighted by atomic mass is 79.9. The summed E-state index contributed by atoms with van der Waals surface area (Å²) in [5, 5.41) is 15.0. The minimum Gasteiger partial charge on any atom is -0.373 e. The minimum atomic E-state index is 0.609. The fourth-order valence-electron chi connectivity index (χ4n) is 1.47. The van der Waals surface area contributed by atoms with E-state index in [1.807, 2.05) is 37.4 Å². The van der Waals surface area contributed by atoms with Gasteiger partial charge in [-0.15, -0.1) is 0 Å². The predicted octanol–water partition coefficient (Wildman–Crippen LogP) is 3.50. The van der Waals surface area contributed by atoms with Crippen LogP contribution in [0.25, 0.3) is 0 Å². The van der Waals surface area contributed by atoms with Crippen molar-refractivity contribution in [3.8, 4) is 6.07 Å². The van der Waals surface area contributed by atoms with Gasteiger partial charge in [0.05, 0.1) is 5.56 Å². The molecular formula is C13H11BrN4. The molecule has 1 aromatic carbocycles. The molecule has 5 heteroatoms. The Labute approximate surface area is 114 Å². The Morgan fingerprint density at radius 1 is 1.22 bits per heavy atom. The van der Waals surface area contributed by atoms with Crippen molar-refractivity contribution < 1.29 is 0 Å². The van der Waals surface area contributed by atoms with E-state index in [2.05, 4.69) is 37.6 Å². The van der Waals surface area contributed by atoms with Gasteiger partial charge in [-0.05, 0) is 46.3 Å². The number of nitrogens with one attached hydrogen (secondary N) is 2. The largest absolute Gasteiger partial charge is 0.373 e. The van der Waals surface area contributed by atoms with E-state index in [4.69, 9.17) is 5.26 Å². The number of benzene rings is 1. The Morgan fingerprint density at radius 2 is 2.00 bits per heavy atom. The third-order valence-corrected chi connectivity index (χ3v) is 3.02. The van der Waals surface area contributed by atoms with Crippen LogP contribution >= 0.6 is 15.9 Å². The highest BCUT2D eigenvalue weighted by Crippen LogP contribution is 2.23. The second-order valence-electron chi connectivity index (χ2n) is 3.59. The number of hydrogen-bond acceptors (Lipinski definition) is 4. The summed E-state index contributed by atoms with van der Waals surface area (Å²) in [5.41, 5.74) is 1.49. The van der Waals surface area contributed by atoms with E-state index in [0.717, 1.165) is 21.8 Å². The van der Waals surface area contributed by atoms with Crippen LogP contribution in [-0.2, 0) is 0 Å². The maximum atomic E-state index is 8.85. The van der Waals surface area contributed by atoms with Crippen LogP contribution in [0.4, 0.5) is 17.3 Å². The number of hydrogen-bond donors (Lipinski definition) is 2. The zero-order valence-corrected chi connectivity index (χ0v) is 11.3. The van der Waals surface area contributed by atoms with Crippen LogP contribution in [0.1, 0.15) is 5.56 Å². The van der Waals surface area contributed by atoms with E-state index < -0.39 is 0 Å². The molecule has 0 saturated carbocycles. The molecule has 0 spiro atoms. The SMILES string of the molecule is CNc1cccc(Nc2ccc(C#N)c(Br)c2)n1. The Balaban J connectivity index is 2.23. The number of rotatable bonds is 3. The van der Waals surface area contributed by atoms with Crippen LogP contribution in [0.3, 0.4) is 0 Å². The van der Waals surface area contributed by atoms with Crippen molar-refractivity contribution in [3.63, 3.8) is 0 Å². The molecule has 1 heterocycles. The number of anilines is 3. The van der Waals surface area contributed by atoms with Gasteiger partial charge in [0.15, 0.2) is 0 Å². The molecule has 0 aliphatic heterocycles. The number of halogens is 1. The van der Waals surface area contributed by atoms with Gasteiger partial charge in [-0.3, -0.25) is 0 Å². The first-order chi connectivity index (χ1) is 8.72. The standard InChI is InChI=1S/C13H11BrN4/c1-16-12-3-2-4-13(18-12)17-10-6-5-9(8-15)11(14)7-10/h2-7H,1H3,(H2,16,17,18). The summed E-state index contributed by atoms with van der Waals surface area (Å²) < 4.78 is 0.764. The average molecular weight is 303 g/mol. The second kappa shape index (κ2) is 5.52. The Bertz CT molecular complexity index is 604. The van der Waals surface area contributed by atoms with E-state index in [1.54, 1.807) is 6.07 Å². The molecule has 0 fully saturated rings. The fourth-order valence-corrected chi connectivity index (χ4v) is 1.94. The number of nitrogens with zero attached hydrogens (tertiary/aromatic N) is 2. The third-order valence-electron chi connectivity index (χ3n) is 2.37. The molecular weight excluding hydrogens is 292 g/mol. The molecule has 18 heavy (non-hydrogen) atoms. The zero-order chi connectivity index (χ0) is 13.0. The highest BCUT2D eigenvalue weighted by Gasteiger charge is 2.02. The lowest BCUT2D eigenvalue weighted by molar-refractivity contribution is 1.27. The van der Waals surface area contributed by atoms with Crippen LogP contribution < -0.4 is 10.6 Å². The second-order valence-corrected chi connectivity index (χ2v) is 4.44. The molecule has 0 radical (unpaired) electrons. The van der Waals surface area contributed by atoms with Gasteiger partial charge in [0.1, 0.15) is 17.7 Å². The van der Waals surface area contributed by atoms with Crippen molar-refractivity contribution in [2.24, 2.45) is 0 Å². The van der Waals surface area contributed by atoms with Gasteiger partial charge in [0.25, 0.3) is 0 Å². The molecule has 0 amide bonds. The Kier molecular flexibility index (Phi) is 3.80. The lowest BCUT2D eigenvalue weighted by Crippen LogP contribution is -1.97. The Morgan fingerprint density at radius 3 is 2.67 bits per heavy atom. The van der Waals surface area contributed by atoms with E-state index in [-0.39, 0.29) is 0 Å². The normalized spacial score (nSPS) is 9.61. The van der Waals surface area contributed by atoms with E-state index >= 15 is 0 Å². The quantitative estimate of drug-likeness (QED) is 0.911. The summed E-state index contributed by atoms with van der Waals surface area (Å²) in [6.07, 6.45) is 0. The van der Waals surface area contributed by atoms with Crippen molar-refractivity contribution >= 4 is 33.3 Å². The maximum Gasteiger partial charge on any atom is 0.132 e. The van der Waals surface area contributed by atoms with Crippen LogP contribution in [0.2, 0.25) is 0 Å². The topological polar surface area (TPSA) is 60.7 Å². The molecule has 0 saturated heterocycles. The van der Waals surface area contributed by atoms with Crippen molar-refractivity contribution in [2.45, 2.75) is 0 Å². The number of pyridine rings is 1. The number of aromatic nitrogens is 1. The van der Waals surface area contributed by atoms with Crippen molar-refractivity contribution in [2.75, 3.05) is 17.7 Å². The van der Waals surface area contributed by atoms with E-state index in [0.29, 0.717) is 5.56 Å². The smallest absolute Gasteiger partial charge is 0.132 e. The van der Waals surface area contributed by atoms with Gasteiger partial charge < -0.3 is 10.6 Å². The monoisotopic (exact) mass is 302 g/mol. The fraction of sp³-hybridized carbons (Fsp3) is 0.0769. The molecule has 0 aliphatic carbocycles. The summed E-state index contributed by atoms with van der Waals surface area (Å²) >= 11 is 3.35. The first-order valence-corrected chi connectivity index (χ1v) is 6.13. The van der Waals surface area contributed by atoms with Crippen molar-refractivity contribution in [3.05, 3.63) is 46.4 Å². The summed E-state index contributed by atoms with van der Waals surface area (Å²) in [4.78, 5) is 4.36. The van der Waals surface area contributed by atoms with Crippen molar-refractivity contribution in [1.82, 2.24) is 4.98 Å². The molecule has 0 aliphatic rings. The summed E-state index contributed by atoms with van der Waals surface area (Å²) in [5.74, 6) is 1.55. The first-order valence-electron chi connectivity index (χ1n) is 5.34. The molecule has 1 aromatic heterocycles. The van der Waals surface area contributed by atoms with Crippen LogP contribution in [0.15, 0.2) is 40.9 Å². The molecule has 2 rings (SSSR count). The molecule has 2 N–H and O–H groups in total. The molecule has 2 aromatic rings. The van der Waals surface area contributed by atoms with Gasteiger partial charge in [-0.2, -0.15) is 5.26 Å². The summed E-state index contributed by atoms with van der Waals surface area (Å²) in [7, 11) is 1.82. The summed E-state index contributed by atoms with van der Waals surface area (Å²) in [6, 6.07) is 13.2. The number of nitriles is 1. The maximum absolute atomic E-state index is 8.85. The van der Waals surface area contributed by atoms with E-state index in [1.165, 1.54) is 0 Å². The van der Waals surface area contributed by atoms with Crippen LogP contribution in [-0.4, -0.2) is 12.0 Å². The molecule has 0 atom stereocenters. The van der Waals surface area contributed by atoms with E-state index in [9.17, 15) is 0 Å². The lowest BCUT2D eigenvalue weighted by Gasteiger charge is -2.08. The minimum absolute atomic E-state index is 0.609. The van der Waals surface area contributed by atoms with Crippen LogP contribution in [0.5, 0.6) is 0 Å². The summed E-state index contributed by atoms with van der Waals surface area (Å²) in [6.45, 7) is 0. The van der Waals surface area contributed by atoms with Gasteiger partial charge in [-0.25, -0.2) is 4.98 Å². The van der Waals surface area contributed by atoms with Gasteiger partial charge in [0.2, 0.25) is 0 Å². The molecule has 0 bridgehead atoms.